The third-order valence-electron chi connectivity index (χ3n) is 3.63. The van der Waals surface area contributed by atoms with Crippen LogP contribution in [0.5, 0.6) is 0 Å². The maximum atomic E-state index is 12.0. The van der Waals surface area contributed by atoms with Crippen molar-refractivity contribution in [1.82, 2.24) is 5.32 Å². The molecular weight excluding hydrogens is 212 g/mol. The molecule has 2 unspecified atom stereocenters. The molecule has 1 aromatic rings. The van der Waals surface area contributed by atoms with E-state index in [9.17, 15) is 4.79 Å². The smallest absolute Gasteiger partial charge is 0.241 e. The Kier molecular flexibility index (Phi) is 3.79. The zero-order valence-electron chi connectivity index (χ0n) is 10.2. The number of benzene rings is 1. The highest BCUT2D eigenvalue weighted by Gasteiger charge is 2.26. The number of rotatable bonds is 3. The van der Waals surface area contributed by atoms with Crippen LogP contribution in [0.2, 0.25) is 0 Å². The highest BCUT2D eigenvalue weighted by Crippen LogP contribution is 2.25. The second kappa shape index (κ2) is 5.32. The van der Waals surface area contributed by atoms with Crippen molar-refractivity contribution in [1.29, 1.82) is 0 Å². The van der Waals surface area contributed by atoms with Gasteiger partial charge in [-0.1, -0.05) is 43.7 Å². The summed E-state index contributed by atoms with van der Waals surface area (Å²) in [6.07, 6.45) is 3.48. The topological polar surface area (TPSA) is 55.1 Å². The summed E-state index contributed by atoms with van der Waals surface area (Å²) < 4.78 is 0. The van der Waals surface area contributed by atoms with Crippen molar-refractivity contribution < 1.29 is 4.79 Å². The summed E-state index contributed by atoms with van der Waals surface area (Å²) in [6.45, 7) is 2.19. The Balaban J connectivity index is 1.96. The van der Waals surface area contributed by atoms with Crippen LogP contribution < -0.4 is 11.1 Å². The lowest BCUT2D eigenvalue weighted by molar-refractivity contribution is -0.123. The molecule has 3 atom stereocenters. The van der Waals surface area contributed by atoms with Gasteiger partial charge < -0.3 is 11.1 Å². The fourth-order valence-corrected chi connectivity index (χ4v) is 2.44. The minimum atomic E-state index is -0.552. The molecule has 1 aliphatic rings. The van der Waals surface area contributed by atoms with Crippen molar-refractivity contribution in [2.45, 2.75) is 38.3 Å². The van der Waals surface area contributed by atoms with Crippen LogP contribution in [0.15, 0.2) is 30.3 Å². The fourth-order valence-electron chi connectivity index (χ4n) is 2.44. The second-order valence-corrected chi connectivity index (χ2v) is 4.91. The quantitative estimate of drug-likeness (QED) is 0.837. The minimum Gasteiger partial charge on any atom is -0.351 e. The number of carbonyl (C=O) groups excluding carboxylic acids is 1. The van der Waals surface area contributed by atoms with Crippen molar-refractivity contribution in [3.8, 4) is 0 Å². The molecule has 0 bridgehead atoms. The standard InChI is InChI=1S/C14H20N2O/c1-10-6-5-9-12(10)16-14(17)13(15)11-7-3-2-4-8-11/h2-4,7-8,10,12-13H,5-6,9,15H2,1H3,(H,16,17)/t10?,12?,13-/m1/s1. The van der Waals surface area contributed by atoms with Gasteiger partial charge in [-0.05, 0) is 24.3 Å². The van der Waals surface area contributed by atoms with Crippen molar-refractivity contribution in [3.05, 3.63) is 35.9 Å². The third kappa shape index (κ3) is 2.86. The Hall–Kier alpha value is -1.35. The Labute approximate surface area is 102 Å². The molecule has 3 N–H and O–H groups in total. The Morgan fingerprint density at radius 1 is 1.35 bits per heavy atom. The molecule has 3 heteroatoms. The predicted octanol–water partition coefficient (Wildman–Crippen LogP) is 1.99. The van der Waals surface area contributed by atoms with Gasteiger partial charge in [-0.3, -0.25) is 4.79 Å². The molecule has 0 radical (unpaired) electrons. The first-order valence-corrected chi connectivity index (χ1v) is 6.29. The van der Waals surface area contributed by atoms with E-state index >= 15 is 0 Å². The van der Waals surface area contributed by atoms with Crippen LogP contribution in [0.25, 0.3) is 0 Å². The molecule has 0 aromatic heterocycles. The van der Waals surface area contributed by atoms with E-state index in [1.54, 1.807) is 0 Å². The first-order chi connectivity index (χ1) is 8.18. The van der Waals surface area contributed by atoms with Gasteiger partial charge in [-0.15, -0.1) is 0 Å². The van der Waals surface area contributed by atoms with Gasteiger partial charge in [-0.2, -0.15) is 0 Å². The summed E-state index contributed by atoms with van der Waals surface area (Å²) >= 11 is 0. The molecule has 2 rings (SSSR count). The van der Waals surface area contributed by atoms with E-state index in [4.69, 9.17) is 5.73 Å². The largest absolute Gasteiger partial charge is 0.351 e. The molecule has 0 aliphatic heterocycles. The summed E-state index contributed by atoms with van der Waals surface area (Å²) in [7, 11) is 0. The lowest BCUT2D eigenvalue weighted by Gasteiger charge is -2.20. The van der Waals surface area contributed by atoms with Gasteiger partial charge in [0.2, 0.25) is 5.91 Å². The SMILES string of the molecule is CC1CCCC1NC(=O)[C@H](N)c1ccccc1. The molecule has 0 heterocycles. The van der Waals surface area contributed by atoms with Gasteiger partial charge in [0.05, 0.1) is 0 Å². The fraction of sp³-hybridized carbons (Fsp3) is 0.500. The first kappa shape index (κ1) is 12.1. The maximum absolute atomic E-state index is 12.0. The monoisotopic (exact) mass is 232 g/mol. The predicted molar refractivity (Wildman–Crippen MR) is 68.3 cm³/mol. The van der Waals surface area contributed by atoms with Gasteiger partial charge in [0.25, 0.3) is 0 Å². The molecule has 3 nitrogen and oxygen atoms in total. The number of amides is 1. The molecule has 1 fully saturated rings. The van der Waals surface area contributed by atoms with Gasteiger partial charge in [0.1, 0.15) is 6.04 Å². The van der Waals surface area contributed by atoms with Crippen molar-refractivity contribution in [2.75, 3.05) is 0 Å². The molecular formula is C14H20N2O. The van der Waals surface area contributed by atoms with Gasteiger partial charge in [0, 0.05) is 6.04 Å². The number of hydrogen-bond donors (Lipinski definition) is 2. The second-order valence-electron chi connectivity index (χ2n) is 4.91. The maximum Gasteiger partial charge on any atom is 0.241 e. The van der Waals surface area contributed by atoms with E-state index in [2.05, 4.69) is 12.2 Å². The van der Waals surface area contributed by atoms with E-state index in [-0.39, 0.29) is 5.91 Å². The third-order valence-corrected chi connectivity index (χ3v) is 3.63. The summed E-state index contributed by atoms with van der Waals surface area (Å²) in [4.78, 5) is 12.0. The van der Waals surface area contributed by atoms with Crippen LogP contribution in [-0.4, -0.2) is 11.9 Å². The number of nitrogens with two attached hydrogens (primary N) is 1. The van der Waals surface area contributed by atoms with E-state index in [1.807, 2.05) is 30.3 Å². The summed E-state index contributed by atoms with van der Waals surface area (Å²) in [5, 5.41) is 3.06. The van der Waals surface area contributed by atoms with E-state index in [0.29, 0.717) is 12.0 Å². The Bertz CT molecular complexity index is 377. The number of carbonyl (C=O) groups is 1. The Morgan fingerprint density at radius 3 is 2.65 bits per heavy atom. The molecule has 1 aromatic carbocycles. The molecule has 17 heavy (non-hydrogen) atoms. The van der Waals surface area contributed by atoms with Crippen molar-refractivity contribution in [3.63, 3.8) is 0 Å². The summed E-state index contributed by atoms with van der Waals surface area (Å²) in [6, 6.07) is 9.26. The number of nitrogens with one attached hydrogen (secondary N) is 1. The Morgan fingerprint density at radius 2 is 2.06 bits per heavy atom. The van der Waals surface area contributed by atoms with Crippen LogP contribution in [0.1, 0.15) is 37.8 Å². The average Bonchev–Trinajstić information content (AvgIpc) is 2.75. The van der Waals surface area contributed by atoms with Gasteiger partial charge in [0.15, 0.2) is 0 Å². The highest BCUT2D eigenvalue weighted by molar-refractivity contribution is 5.83. The van der Waals surface area contributed by atoms with Crippen LogP contribution in [0.4, 0.5) is 0 Å². The first-order valence-electron chi connectivity index (χ1n) is 6.29. The zero-order chi connectivity index (χ0) is 12.3. The van der Waals surface area contributed by atoms with E-state index in [0.717, 1.165) is 12.0 Å². The van der Waals surface area contributed by atoms with Crippen molar-refractivity contribution in [2.24, 2.45) is 11.7 Å². The van der Waals surface area contributed by atoms with Gasteiger partial charge >= 0.3 is 0 Å². The lowest BCUT2D eigenvalue weighted by Crippen LogP contribution is -2.41. The van der Waals surface area contributed by atoms with Crippen LogP contribution >= 0.6 is 0 Å². The normalized spacial score (nSPS) is 25.5. The highest BCUT2D eigenvalue weighted by atomic mass is 16.2. The molecule has 1 saturated carbocycles. The lowest BCUT2D eigenvalue weighted by atomic mass is 10.0. The molecule has 1 amide bonds. The zero-order valence-corrected chi connectivity index (χ0v) is 10.2. The molecule has 92 valence electrons. The van der Waals surface area contributed by atoms with Crippen molar-refractivity contribution >= 4 is 5.91 Å². The van der Waals surface area contributed by atoms with E-state index < -0.39 is 6.04 Å². The minimum absolute atomic E-state index is 0.0602. The average molecular weight is 232 g/mol. The van der Waals surface area contributed by atoms with Crippen LogP contribution in [0.3, 0.4) is 0 Å². The molecule has 1 aliphatic carbocycles. The molecule has 0 saturated heterocycles. The van der Waals surface area contributed by atoms with Crippen LogP contribution in [-0.2, 0) is 4.79 Å². The van der Waals surface area contributed by atoms with Gasteiger partial charge in [-0.25, -0.2) is 0 Å². The summed E-state index contributed by atoms with van der Waals surface area (Å²) in [5.74, 6) is 0.511. The van der Waals surface area contributed by atoms with Crippen LogP contribution in [0, 0.1) is 5.92 Å². The molecule has 0 spiro atoms. The van der Waals surface area contributed by atoms with E-state index in [1.165, 1.54) is 12.8 Å². The summed E-state index contributed by atoms with van der Waals surface area (Å²) in [5.41, 5.74) is 6.82. The number of hydrogen-bond acceptors (Lipinski definition) is 2.